The van der Waals surface area contributed by atoms with Crippen LogP contribution in [-0.2, 0) is 6.54 Å². The van der Waals surface area contributed by atoms with Crippen molar-refractivity contribution in [3.05, 3.63) is 52.3 Å². The first-order valence-corrected chi connectivity index (χ1v) is 7.79. The first-order valence-electron chi connectivity index (χ1n) is 7.41. The van der Waals surface area contributed by atoms with Crippen LogP contribution in [0.4, 0.5) is 4.79 Å². The lowest BCUT2D eigenvalue weighted by Gasteiger charge is -2.17. The minimum atomic E-state index is -0.0461. The van der Waals surface area contributed by atoms with Crippen molar-refractivity contribution in [3.63, 3.8) is 0 Å². The summed E-state index contributed by atoms with van der Waals surface area (Å²) in [6, 6.07) is 9.74. The Balaban J connectivity index is 1.56. The Morgan fingerprint density at radius 2 is 2.32 bits per heavy atom. The summed E-state index contributed by atoms with van der Waals surface area (Å²) in [6.07, 6.45) is 0.943. The number of hydrogen-bond donors (Lipinski definition) is 2. The van der Waals surface area contributed by atoms with E-state index in [4.69, 9.17) is 11.6 Å². The molecule has 5 nitrogen and oxygen atoms in total. The van der Waals surface area contributed by atoms with Crippen LogP contribution in [0.3, 0.4) is 0 Å². The lowest BCUT2D eigenvalue weighted by atomic mass is 9.98. The van der Waals surface area contributed by atoms with E-state index >= 15 is 0 Å². The van der Waals surface area contributed by atoms with Gasteiger partial charge in [0.1, 0.15) is 0 Å². The number of likely N-dealkylation sites (tertiary alicyclic amines) is 1. The van der Waals surface area contributed by atoms with Gasteiger partial charge in [-0.15, -0.1) is 0 Å². The van der Waals surface area contributed by atoms with Crippen LogP contribution in [0.1, 0.15) is 29.3 Å². The molecule has 2 N–H and O–H groups in total. The smallest absolute Gasteiger partial charge is 0.317 e. The number of amides is 2. The zero-order valence-corrected chi connectivity index (χ0v) is 13.2. The third kappa shape index (κ3) is 3.25. The third-order valence-electron chi connectivity index (χ3n) is 4.00. The summed E-state index contributed by atoms with van der Waals surface area (Å²) in [4.78, 5) is 14.1. The number of benzene rings is 1. The summed E-state index contributed by atoms with van der Waals surface area (Å²) in [5, 5.41) is 10.7. The van der Waals surface area contributed by atoms with E-state index in [0.29, 0.717) is 19.0 Å². The molecule has 1 fully saturated rings. The zero-order valence-electron chi connectivity index (χ0n) is 12.5. The van der Waals surface area contributed by atoms with Gasteiger partial charge in [0.25, 0.3) is 0 Å². The van der Waals surface area contributed by atoms with Gasteiger partial charge in [0, 0.05) is 29.7 Å². The Bertz CT molecular complexity index is 670. The average Bonchev–Trinajstić information content (AvgIpc) is 3.14. The highest BCUT2D eigenvalue weighted by molar-refractivity contribution is 6.31. The second kappa shape index (κ2) is 6.40. The Hall–Kier alpha value is -2.01. The van der Waals surface area contributed by atoms with Crippen LogP contribution >= 0.6 is 11.6 Å². The molecule has 3 rings (SSSR count). The molecule has 1 saturated heterocycles. The summed E-state index contributed by atoms with van der Waals surface area (Å²) in [5.74, 6) is 0.312. The molecule has 1 atom stereocenters. The van der Waals surface area contributed by atoms with Crippen LogP contribution in [0.2, 0.25) is 5.02 Å². The minimum absolute atomic E-state index is 0.0461. The number of carbonyl (C=O) groups is 1. The second-order valence-electron chi connectivity index (χ2n) is 5.65. The fraction of sp³-hybridized carbons (Fsp3) is 0.375. The molecule has 0 bridgehead atoms. The first-order chi connectivity index (χ1) is 10.6. The molecule has 0 radical (unpaired) electrons. The Kier molecular flexibility index (Phi) is 4.34. The largest absolute Gasteiger partial charge is 0.332 e. The van der Waals surface area contributed by atoms with E-state index in [2.05, 4.69) is 15.5 Å². The average molecular weight is 319 g/mol. The van der Waals surface area contributed by atoms with E-state index in [1.165, 1.54) is 0 Å². The first kappa shape index (κ1) is 14.9. The summed E-state index contributed by atoms with van der Waals surface area (Å²) >= 11 is 6.24. The second-order valence-corrected chi connectivity index (χ2v) is 6.06. The highest BCUT2D eigenvalue weighted by Gasteiger charge is 2.28. The van der Waals surface area contributed by atoms with Crippen LogP contribution in [0.25, 0.3) is 0 Å². The molecule has 116 valence electrons. The SMILES string of the molecule is Cc1cc(CNC(=O)N2CC[C@@H](c3ccccc3Cl)C2)n[nH]1. The Labute approximate surface area is 134 Å². The van der Waals surface area contributed by atoms with E-state index in [0.717, 1.165) is 34.9 Å². The fourth-order valence-corrected chi connectivity index (χ4v) is 3.14. The monoisotopic (exact) mass is 318 g/mol. The number of urea groups is 1. The molecule has 0 saturated carbocycles. The van der Waals surface area contributed by atoms with Crippen molar-refractivity contribution < 1.29 is 4.79 Å². The van der Waals surface area contributed by atoms with Crippen molar-refractivity contribution in [1.29, 1.82) is 0 Å². The highest BCUT2D eigenvalue weighted by atomic mass is 35.5. The van der Waals surface area contributed by atoms with Gasteiger partial charge in [0.15, 0.2) is 0 Å². The maximum atomic E-state index is 12.2. The quantitative estimate of drug-likeness (QED) is 0.913. The van der Waals surface area contributed by atoms with Gasteiger partial charge < -0.3 is 10.2 Å². The molecule has 0 aliphatic carbocycles. The molecule has 1 aliphatic rings. The summed E-state index contributed by atoms with van der Waals surface area (Å²) in [7, 11) is 0. The van der Waals surface area contributed by atoms with Gasteiger partial charge in [0.2, 0.25) is 0 Å². The fourth-order valence-electron chi connectivity index (χ4n) is 2.85. The van der Waals surface area contributed by atoms with Gasteiger partial charge in [-0.05, 0) is 31.0 Å². The number of carbonyl (C=O) groups excluding carboxylic acids is 1. The standard InChI is InChI=1S/C16H19ClN4O/c1-11-8-13(20-19-11)9-18-16(22)21-7-6-12(10-21)14-4-2-3-5-15(14)17/h2-5,8,12H,6-7,9-10H2,1H3,(H,18,22)(H,19,20)/t12-/m1/s1. The van der Waals surface area contributed by atoms with Crippen molar-refractivity contribution in [3.8, 4) is 0 Å². The van der Waals surface area contributed by atoms with Gasteiger partial charge in [-0.25, -0.2) is 4.79 Å². The minimum Gasteiger partial charge on any atom is -0.332 e. The molecular weight excluding hydrogens is 300 g/mol. The number of halogens is 1. The number of nitrogens with one attached hydrogen (secondary N) is 2. The summed E-state index contributed by atoms with van der Waals surface area (Å²) < 4.78 is 0. The van der Waals surface area contributed by atoms with E-state index in [1.54, 1.807) is 0 Å². The van der Waals surface area contributed by atoms with Crippen molar-refractivity contribution in [1.82, 2.24) is 20.4 Å². The van der Waals surface area contributed by atoms with Gasteiger partial charge in [-0.2, -0.15) is 5.10 Å². The third-order valence-corrected chi connectivity index (χ3v) is 4.34. The number of aromatic amines is 1. The highest BCUT2D eigenvalue weighted by Crippen LogP contribution is 2.31. The molecule has 1 aliphatic heterocycles. The molecule has 2 amide bonds. The zero-order chi connectivity index (χ0) is 15.5. The summed E-state index contributed by atoms with van der Waals surface area (Å²) in [5.41, 5.74) is 2.96. The number of H-pyrrole nitrogens is 1. The molecule has 1 aromatic carbocycles. The summed E-state index contributed by atoms with van der Waals surface area (Å²) in [6.45, 7) is 3.83. The van der Waals surface area contributed by atoms with Gasteiger partial charge >= 0.3 is 6.03 Å². The van der Waals surface area contributed by atoms with Crippen molar-refractivity contribution in [2.24, 2.45) is 0 Å². The number of aryl methyl sites for hydroxylation is 1. The van der Waals surface area contributed by atoms with Gasteiger partial charge in [-0.1, -0.05) is 29.8 Å². The van der Waals surface area contributed by atoms with Crippen molar-refractivity contribution in [2.45, 2.75) is 25.8 Å². The Morgan fingerprint density at radius 3 is 3.05 bits per heavy atom. The molecule has 1 aromatic heterocycles. The van der Waals surface area contributed by atoms with E-state index in [1.807, 2.05) is 42.2 Å². The normalized spacial score (nSPS) is 17.7. The van der Waals surface area contributed by atoms with Crippen LogP contribution in [0.15, 0.2) is 30.3 Å². The molecule has 2 aromatic rings. The Morgan fingerprint density at radius 1 is 1.50 bits per heavy atom. The van der Waals surface area contributed by atoms with Gasteiger partial charge in [-0.3, -0.25) is 5.10 Å². The van der Waals surface area contributed by atoms with E-state index in [-0.39, 0.29) is 6.03 Å². The van der Waals surface area contributed by atoms with Crippen LogP contribution < -0.4 is 5.32 Å². The molecular formula is C16H19ClN4O. The molecule has 0 spiro atoms. The van der Waals surface area contributed by atoms with Crippen LogP contribution in [-0.4, -0.2) is 34.2 Å². The van der Waals surface area contributed by atoms with Crippen LogP contribution in [0.5, 0.6) is 0 Å². The molecule has 0 unspecified atom stereocenters. The molecule has 22 heavy (non-hydrogen) atoms. The lowest BCUT2D eigenvalue weighted by molar-refractivity contribution is 0.207. The van der Waals surface area contributed by atoms with Crippen molar-refractivity contribution >= 4 is 17.6 Å². The predicted molar refractivity (Wildman–Crippen MR) is 85.9 cm³/mol. The predicted octanol–water partition coefficient (Wildman–Crippen LogP) is 3.07. The van der Waals surface area contributed by atoms with Gasteiger partial charge in [0.05, 0.1) is 12.2 Å². The van der Waals surface area contributed by atoms with Crippen molar-refractivity contribution in [2.75, 3.05) is 13.1 Å². The number of hydrogen-bond acceptors (Lipinski definition) is 2. The molecule has 2 heterocycles. The topological polar surface area (TPSA) is 61.0 Å². The lowest BCUT2D eigenvalue weighted by Crippen LogP contribution is -2.38. The number of rotatable bonds is 3. The number of aromatic nitrogens is 2. The maximum absolute atomic E-state index is 12.2. The molecule has 6 heteroatoms. The van der Waals surface area contributed by atoms with E-state index < -0.39 is 0 Å². The van der Waals surface area contributed by atoms with E-state index in [9.17, 15) is 4.79 Å². The number of nitrogens with zero attached hydrogens (tertiary/aromatic N) is 2. The maximum Gasteiger partial charge on any atom is 0.317 e. The van der Waals surface area contributed by atoms with Crippen LogP contribution in [0, 0.1) is 6.92 Å².